The zero-order chi connectivity index (χ0) is 19.5. The number of hydrogen-bond donors (Lipinski definition) is 1. The first-order chi connectivity index (χ1) is 13.7. The molecule has 28 heavy (non-hydrogen) atoms. The molecule has 1 heterocycles. The number of hydrogen-bond acceptors (Lipinski definition) is 4. The maximum atomic E-state index is 11.6. The van der Waals surface area contributed by atoms with Gasteiger partial charge in [-0.2, -0.15) is 10.4 Å². The Labute approximate surface area is 161 Å². The molecule has 0 saturated carbocycles. The van der Waals surface area contributed by atoms with Crippen molar-refractivity contribution in [1.29, 1.82) is 5.26 Å². The van der Waals surface area contributed by atoms with E-state index < -0.39 is 5.91 Å². The lowest BCUT2D eigenvalue weighted by Gasteiger charge is -2.12. The van der Waals surface area contributed by atoms with Gasteiger partial charge in [0, 0.05) is 0 Å². The van der Waals surface area contributed by atoms with Crippen molar-refractivity contribution in [2.24, 2.45) is 5.73 Å². The van der Waals surface area contributed by atoms with Gasteiger partial charge >= 0.3 is 0 Å². The summed E-state index contributed by atoms with van der Waals surface area (Å²) >= 11 is 0. The molecule has 1 amide bonds. The summed E-state index contributed by atoms with van der Waals surface area (Å²) in [5.41, 5.74) is 10.6. The fourth-order valence-electron chi connectivity index (χ4n) is 3.15. The maximum Gasteiger partial charge on any atom is 0.286 e. The molecule has 0 unspecified atom stereocenters. The normalized spacial score (nSPS) is 10.4. The van der Waals surface area contributed by atoms with Crippen LogP contribution in [-0.2, 0) is 0 Å². The first kappa shape index (κ1) is 17.2. The molecule has 0 saturated heterocycles. The number of nitrogens with zero attached hydrogens (tertiary/aromatic N) is 4. The van der Waals surface area contributed by atoms with Crippen LogP contribution in [0.1, 0.15) is 16.2 Å². The van der Waals surface area contributed by atoms with Crippen LogP contribution in [0.15, 0.2) is 79.1 Å². The highest BCUT2D eigenvalue weighted by molar-refractivity contribution is 5.90. The number of carbonyl (C=O) groups is 1. The molecule has 0 atom stereocenters. The van der Waals surface area contributed by atoms with Gasteiger partial charge in [0.05, 0.1) is 17.3 Å². The fraction of sp³-hybridized carbons (Fsp3) is 0. The number of amides is 1. The summed E-state index contributed by atoms with van der Waals surface area (Å²) in [6.07, 6.45) is 1.30. The molecule has 2 N–H and O–H groups in total. The average Bonchev–Trinajstić information content (AvgIpc) is 3.24. The van der Waals surface area contributed by atoms with Crippen LogP contribution in [0.4, 0.5) is 0 Å². The predicted octanol–water partition coefficient (Wildman–Crippen LogP) is 3.57. The molecule has 0 aliphatic heterocycles. The first-order valence-electron chi connectivity index (χ1n) is 8.57. The molecule has 0 aliphatic rings. The van der Waals surface area contributed by atoms with Gasteiger partial charge in [0.15, 0.2) is 0 Å². The van der Waals surface area contributed by atoms with Crippen LogP contribution in [0, 0.1) is 11.3 Å². The van der Waals surface area contributed by atoms with E-state index in [2.05, 4.69) is 16.2 Å². The zero-order valence-corrected chi connectivity index (χ0v) is 14.8. The summed E-state index contributed by atoms with van der Waals surface area (Å²) in [5, 5.41) is 13.3. The van der Waals surface area contributed by atoms with E-state index in [1.165, 1.54) is 11.0 Å². The maximum absolute atomic E-state index is 11.6. The third kappa shape index (κ3) is 3.13. The number of primary amides is 1. The molecule has 134 valence electrons. The molecule has 6 heteroatoms. The number of rotatable bonds is 4. The minimum Gasteiger partial charge on any atom is -0.363 e. The van der Waals surface area contributed by atoms with Crippen molar-refractivity contribution < 1.29 is 4.79 Å². The highest BCUT2D eigenvalue weighted by Gasteiger charge is 2.13. The van der Waals surface area contributed by atoms with E-state index in [-0.39, 0.29) is 5.82 Å². The van der Waals surface area contributed by atoms with Gasteiger partial charge in [0.2, 0.25) is 5.82 Å². The van der Waals surface area contributed by atoms with Crippen LogP contribution in [0.5, 0.6) is 0 Å². The van der Waals surface area contributed by atoms with E-state index in [9.17, 15) is 10.1 Å². The number of benzene rings is 3. The molecule has 4 aromatic rings. The van der Waals surface area contributed by atoms with Crippen molar-refractivity contribution in [3.05, 3.63) is 90.5 Å². The van der Waals surface area contributed by atoms with Crippen molar-refractivity contribution in [2.75, 3.05) is 0 Å². The van der Waals surface area contributed by atoms with Gasteiger partial charge in [-0.25, -0.2) is 9.67 Å². The van der Waals surface area contributed by atoms with Crippen LogP contribution in [0.2, 0.25) is 0 Å². The Kier molecular flexibility index (Phi) is 4.40. The van der Waals surface area contributed by atoms with Crippen LogP contribution in [-0.4, -0.2) is 20.7 Å². The Morgan fingerprint density at radius 3 is 2.29 bits per heavy atom. The van der Waals surface area contributed by atoms with Gasteiger partial charge in [0.1, 0.15) is 6.33 Å². The summed E-state index contributed by atoms with van der Waals surface area (Å²) in [6.45, 7) is 0. The quantitative estimate of drug-likeness (QED) is 0.598. The predicted molar refractivity (Wildman–Crippen MR) is 105 cm³/mol. The lowest BCUT2D eigenvalue weighted by molar-refractivity contribution is 0.0988. The molecule has 1 aromatic heterocycles. The van der Waals surface area contributed by atoms with Crippen LogP contribution < -0.4 is 5.73 Å². The van der Waals surface area contributed by atoms with Crippen LogP contribution in [0.3, 0.4) is 0 Å². The zero-order valence-electron chi connectivity index (χ0n) is 14.8. The minimum atomic E-state index is -0.642. The second-order valence-electron chi connectivity index (χ2n) is 6.15. The standard InChI is InChI=1S/C22H15N5O/c23-13-15-5-3-6-16(11-15)19-9-1-2-10-20(19)17-7-4-8-18(12-17)27-22(21(24)28)25-14-26-27/h1-12,14H,(H2,24,28). The summed E-state index contributed by atoms with van der Waals surface area (Å²) in [6, 6.07) is 25.3. The largest absolute Gasteiger partial charge is 0.363 e. The Morgan fingerprint density at radius 2 is 1.61 bits per heavy atom. The molecule has 3 aromatic carbocycles. The van der Waals surface area contributed by atoms with Crippen molar-refractivity contribution in [1.82, 2.24) is 14.8 Å². The monoisotopic (exact) mass is 365 g/mol. The van der Waals surface area contributed by atoms with Gasteiger partial charge < -0.3 is 5.73 Å². The summed E-state index contributed by atoms with van der Waals surface area (Å²) in [7, 11) is 0. The van der Waals surface area contributed by atoms with Gasteiger partial charge in [-0.1, -0.05) is 48.5 Å². The van der Waals surface area contributed by atoms with Crippen LogP contribution >= 0.6 is 0 Å². The van der Waals surface area contributed by atoms with Crippen LogP contribution in [0.25, 0.3) is 27.9 Å². The molecule has 6 nitrogen and oxygen atoms in total. The fourth-order valence-corrected chi connectivity index (χ4v) is 3.15. The molecule has 4 rings (SSSR count). The lowest BCUT2D eigenvalue weighted by atomic mass is 9.93. The molecule has 0 bridgehead atoms. The second kappa shape index (κ2) is 7.17. The molecule has 0 aliphatic carbocycles. The van der Waals surface area contributed by atoms with E-state index >= 15 is 0 Å². The van der Waals surface area contributed by atoms with E-state index in [0.717, 1.165) is 22.3 Å². The SMILES string of the molecule is N#Cc1cccc(-c2ccccc2-c2cccc(-n3ncnc3C(N)=O)c2)c1. The highest BCUT2D eigenvalue weighted by atomic mass is 16.1. The van der Waals surface area contributed by atoms with Gasteiger partial charge in [-0.15, -0.1) is 0 Å². The topological polar surface area (TPSA) is 97.6 Å². The van der Waals surface area contributed by atoms with Gasteiger partial charge in [0.25, 0.3) is 5.91 Å². The molecular formula is C22H15N5O. The highest BCUT2D eigenvalue weighted by Crippen LogP contribution is 2.33. The second-order valence-corrected chi connectivity index (χ2v) is 6.15. The number of aromatic nitrogens is 3. The van der Waals surface area contributed by atoms with E-state index in [1.807, 2.05) is 66.7 Å². The summed E-state index contributed by atoms with van der Waals surface area (Å²) in [5.74, 6) is -0.566. The molecule has 0 spiro atoms. The van der Waals surface area contributed by atoms with Gasteiger partial charge in [-0.3, -0.25) is 4.79 Å². The number of nitriles is 1. The first-order valence-corrected chi connectivity index (χ1v) is 8.57. The summed E-state index contributed by atoms with van der Waals surface area (Å²) < 4.78 is 1.42. The molecular weight excluding hydrogens is 350 g/mol. The average molecular weight is 365 g/mol. The Morgan fingerprint density at radius 1 is 0.929 bits per heavy atom. The van der Waals surface area contributed by atoms with Crippen molar-refractivity contribution in [3.63, 3.8) is 0 Å². The van der Waals surface area contributed by atoms with Crippen molar-refractivity contribution in [2.45, 2.75) is 0 Å². The Bertz CT molecular complexity index is 1220. The summed E-state index contributed by atoms with van der Waals surface area (Å²) in [4.78, 5) is 15.5. The third-order valence-corrected chi connectivity index (χ3v) is 4.40. The Balaban J connectivity index is 1.84. The van der Waals surface area contributed by atoms with E-state index in [4.69, 9.17) is 5.73 Å². The smallest absolute Gasteiger partial charge is 0.286 e. The lowest BCUT2D eigenvalue weighted by Crippen LogP contribution is -2.18. The van der Waals surface area contributed by atoms with Crippen molar-refractivity contribution in [3.8, 4) is 34.0 Å². The minimum absolute atomic E-state index is 0.0761. The van der Waals surface area contributed by atoms with E-state index in [0.29, 0.717) is 11.3 Å². The molecule has 0 radical (unpaired) electrons. The number of carbonyl (C=O) groups excluding carboxylic acids is 1. The van der Waals surface area contributed by atoms with Crippen molar-refractivity contribution >= 4 is 5.91 Å². The molecule has 0 fully saturated rings. The Hall–Kier alpha value is -4.24. The van der Waals surface area contributed by atoms with E-state index in [1.54, 1.807) is 6.07 Å². The number of nitrogens with two attached hydrogens (primary N) is 1. The van der Waals surface area contributed by atoms with Gasteiger partial charge in [-0.05, 0) is 46.5 Å². The third-order valence-electron chi connectivity index (χ3n) is 4.40.